The Bertz CT molecular complexity index is 1160. The first-order chi connectivity index (χ1) is 16.2. The van der Waals surface area contributed by atoms with E-state index in [1.54, 1.807) is 0 Å². The second kappa shape index (κ2) is 9.73. The molecule has 0 radical (unpaired) electrons. The van der Waals surface area contributed by atoms with Gasteiger partial charge in [0.25, 0.3) is 0 Å². The number of nitrogens with zero attached hydrogens (tertiary/aromatic N) is 5. The van der Waals surface area contributed by atoms with Gasteiger partial charge in [-0.3, -0.25) is 4.79 Å². The fourth-order valence-electron chi connectivity index (χ4n) is 4.91. The van der Waals surface area contributed by atoms with Crippen molar-refractivity contribution in [2.24, 2.45) is 5.92 Å². The van der Waals surface area contributed by atoms with E-state index < -0.39 is 0 Å². The summed E-state index contributed by atoms with van der Waals surface area (Å²) in [5, 5.41) is 16.7. The van der Waals surface area contributed by atoms with Crippen LogP contribution in [0.25, 0.3) is 17.0 Å². The molecule has 0 saturated carbocycles. The number of anilines is 1. The fourth-order valence-corrected chi connectivity index (χ4v) is 4.91. The average molecular weight is 445 g/mol. The second-order valence-electron chi connectivity index (χ2n) is 9.27. The first-order valence-electron chi connectivity index (χ1n) is 12.2. The van der Waals surface area contributed by atoms with Gasteiger partial charge in [-0.05, 0) is 70.1 Å². The zero-order valence-corrected chi connectivity index (χ0v) is 19.3. The van der Waals surface area contributed by atoms with Crippen molar-refractivity contribution in [3.63, 3.8) is 0 Å². The van der Waals surface area contributed by atoms with E-state index in [4.69, 9.17) is 5.10 Å². The number of nitrogens with one attached hydrogen (secondary N) is 1. The summed E-state index contributed by atoms with van der Waals surface area (Å²) in [6.07, 6.45) is 10.0. The quantitative estimate of drug-likeness (QED) is 0.573. The Morgan fingerprint density at radius 1 is 1.12 bits per heavy atom. The lowest BCUT2D eigenvalue weighted by Gasteiger charge is -2.32. The maximum Gasteiger partial charge on any atom is 0.223 e. The predicted molar refractivity (Wildman–Crippen MR) is 130 cm³/mol. The van der Waals surface area contributed by atoms with Gasteiger partial charge in [0.05, 0.1) is 0 Å². The molecule has 1 amide bonds. The van der Waals surface area contributed by atoms with E-state index in [2.05, 4.69) is 45.5 Å². The highest BCUT2D eigenvalue weighted by atomic mass is 16.1. The van der Waals surface area contributed by atoms with Crippen LogP contribution in [0.2, 0.25) is 0 Å². The van der Waals surface area contributed by atoms with E-state index in [1.165, 1.54) is 36.8 Å². The first kappa shape index (κ1) is 21.6. The Hall–Kier alpha value is -3.22. The largest absolute Gasteiger partial charge is 0.356 e. The van der Waals surface area contributed by atoms with Crippen LogP contribution in [-0.2, 0) is 4.79 Å². The van der Waals surface area contributed by atoms with Crippen LogP contribution >= 0.6 is 0 Å². The van der Waals surface area contributed by atoms with Gasteiger partial charge in [-0.1, -0.05) is 35.4 Å². The van der Waals surface area contributed by atoms with Gasteiger partial charge in [-0.2, -0.15) is 4.52 Å². The van der Waals surface area contributed by atoms with Gasteiger partial charge < -0.3 is 10.2 Å². The second-order valence-corrected chi connectivity index (χ2v) is 9.27. The molecule has 33 heavy (non-hydrogen) atoms. The van der Waals surface area contributed by atoms with Gasteiger partial charge >= 0.3 is 0 Å². The molecular formula is C26H32N6O. The van der Waals surface area contributed by atoms with E-state index in [0.717, 1.165) is 61.7 Å². The van der Waals surface area contributed by atoms with Crippen LogP contribution < -0.4 is 10.2 Å². The number of hydrogen-bond donors (Lipinski definition) is 1. The van der Waals surface area contributed by atoms with Crippen LogP contribution in [0.15, 0.2) is 48.0 Å². The maximum atomic E-state index is 12.7. The van der Waals surface area contributed by atoms with E-state index in [1.807, 2.05) is 28.8 Å². The van der Waals surface area contributed by atoms with Crippen molar-refractivity contribution in [3.05, 3.63) is 53.6 Å². The molecule has 1 aliphatic heterocycles. The molecule has 1 aliphatic carbocycles. The summed E-state index contributed by atoms with van der Waals surface area (Å²) in [6.45, 7) is 4.48. The molecule has 0 atom stereocenters. The lowest BCUT2D eigenvalue weighted by Crippen LogP contribution is -2.41. The lowest BCUT2D eigenvalue weighted by atomic mass is 9.95. The van der Waals surface area contributed by atoms with Gasteiger partial charge in [-0.25, -0.2) is 0 Å². The molecule has 5 rings (SSSR count). The third-order valence-corrected chi connectivity index (χ3v) is 6.85. The molecule has 1 N–H and O–H groups in total. The monoisotopic (exact) mass is 444 g/mol. The summed E-state index contributed by atoms with van der Waals surface area (Å²) >= 11 is 0. The zero-order valence-electron chi connectivity index (χ0n) is 19.3. The molecule has 2 aromatic heterocycles. The molecule has 172 valence electrons. The van der Waals surface area contributed by atoms with Crippen molar-refractivity contribution < 1.29 is 4.79 Å². The highest BCUT2D eigenvalue weighted by Crippen LogP contribution is 2.25. The first-order valence-corrected chi connectivity index (χ1v) is 12.2. The topological polar surface area (TPSA) is 75.4 Å². The average Bonchev–Trinajstić information content (AvgIpc) is 3.28. The molecule has 7 nitrogen and oxygen atoms in total. The van der Waals surface area contributed by atoms with Gasteiger partial charge in [0.2, 0.25) is 5.91 Å². The Morgan fingerprint density at radius 3 is 2.79 bits per heavy atom. The third kappa shape index (κ3) is 4.92. The molecule has 7 heteroatoms. The maximum absolute atomic E-state index is 12.7. The number of benzene rings is 1. The van der Waals surface area contributed by atoms with Crippen LogP contribution in [0.4, 0.5) is 5.82 Å². The summed E-state index contributed by atoms with van der Waals surface area (Å²) in [4.78, 5) is 14.9. The smallest absolute Gasteiger partial charge is 0.223 e. The molecule has 1 saturated heterocycles. The van der Waals surface area contributed by atoms with Crippen LogP contribution in [0.1, 0.15) is 50.5 Å². The van der Waals surface area contributed by atoms with Crippen molar-refractivity contribution in [1.82, 2.24) is 25.1 Å². The number of fused-ring (bicyclic) bond motifs is 1. The van der Waals surface area contributed by atoms with Crippen LogP contribution in [0.3, 0.4) is 0 Å². The standard InChI is InChI=1S/C26H32N6O/c1-19-6-5-9-22(18-19)25-29-28-23-10-11-24(30-32(23)25)31-16-13-21(14-17-31)26(33)27-15-12-20-7-3-2-4-8-20/h5-7,9-11,18,21H,2-4,8,12-17H2,1H3,(H,27,33). The molecule has 1 aromatic carbocycles. The number of aromatic nitrogens is 4. The summed E-state index contributed by atoms with van der Waals surface area (Å²) in [6, 6.07) is 12.2. The highest BCUT2D eigenvalue weighted by Gasteiger charge is 2.26. The van der Waals surface area contributed by atoms with Gasteiger partial charge in [0, 0.05) is 31.1 Å². The normalized spacial score (nSPS) is 17.2. The number of carbonyl (C=O) groups excluding carboxylic acids is 1. The number of piperidine rings is 1. The Kier molecular flexibility index (Phi) is 6.37. The SMILES string of the molecule is Cc1cccc(-c2nnc3ccc(N4CCC(C(=O)NCCC5=CCCCC5)CC4)nn23)c1. The van der Waals surface area contributed by atoms with E-state index in [9.17, 15) is 4.79 Å². The van der Waals surface area contributed by atoms with E-state index in [0.29, 0.717) is 0 Å². The number of carbonyl (C=O) groups is 1. The minimum Gasteiger partial charge on any atom is -0.356 e. The molecule has 3 aromatic rings. The summed E-state index contributed by atoms with van der Waals surface area (Å²) < 4.78 is 1.82. The molecule has 0 spiro atoms. The minimum absolute atomic E-state index is 0.0862. The molecule has 3 heterocycles. The fraction of sp³-hybridized carbons (Fsp3) is 0.462. The third-order valence-electron chi connectivity index (χ3n) is 6.85. The summed E-state index contributed by atoms with van der Waals surface area (Å²) in [7, 11) is 0. The van der Waals surface area contributed by atoms with Gasteiger partial charge in [0.15, 0.2) is 11.5 Å². The number of hydrogen-bond acceptors (Lipinski definition) is 5. The minimum atomic E-state index is 0.0862. The van der Waals surface area contributed by atoms with Crippen molar-refractivity contribution >= 4 is 17.4 Å². The Balaban J connectivity index is 1.20. The predicted octanol–water partition coefficient (Wildman–Crippen LogP) is 4.32. The Morgan fingerprint density at radius 2 is 2.00 bits per heavy atom. The molecule has 1 fully saturated rings. The number of rotatable bonds is 6. The van der Waals surface area contributed by atoms with Crippen molar-refractivity contribution in [2.45, 2.75) is 51.9 Å². The number of allylic oxidation sites excluding steroid dienone is 1. The zero-order chi connectivity index (χ0) is 22.6. The molecule has 2 aliphatic rings. The highest BCUT2D eigenvalue weighted by molar-refractivity contribution is 5.79. The molecule has 0 unspecified atom stereocenters. The number of aryl methyl sites for hydroxylation is 1. The van der Waals surface area contributed by atoms with Crippen molar-refractivity contribution in [2.75, 3.05) is 24.5 Å². The van der Waals surface area contributed by atoms with E-state index >= 15 is 0 Å². The number of amides is 1. The van der Waals surface area contributed by atoms with Gasteiger partial charge in [-0.15, -0.1) is 15.3 Å². The Labute approximate surface area is 194 Å². The van der Waals surface area contributed by atoms with Crippen LogP contribution in [0.5, 0.6) is 0 Å². The molecular weight excluding hydrogens is 412 g/mol. The van der Waals surface area contributed by atoms with Crippen LogP contribution in [0, 0.1) is 12.8 Å². The van der Waals surface area contributed by atoms with Crippen LogP contribution in [-0.4, -0.2) is 45.4 Å². The van der Waals surface area contributed by atoms with Crippen molar-refractivity contribution in [1.29, 1.82) is 0 Å². The van der Waals surface area contributed by atoms with E-state index in [-0.39, 0.29) is 11.8 Å². The summed E-state index contributed by atoms with van der Waals surface area (Å²) in [5.74, 6) is 1.94. The van der Waals surface area contributed by atoms with Gasteiger partial charge in [0.1, 0.15) is 5.82 Å². The summed E-state index contributed by atoms with van der Waals surface area (Å²) in [5.41, 5.74) is 4.43. The van der Waals surface area contributed by atoms with Crippen molar-refractivity contribution in [3.8, 4) is 11.4 Å². The molecule has 0 bridgehead atoms. The lowest BCUT2D eigenvalue weighted by molar-refractivity contribution is -0.125.